The van der Waals surface area contributed by atoms with E-state index in [-0.39, 0.29) is 0 Å². The largest absolute Gasteiger partial charge is 0.297 e. The van der Waals surface area contributed by atoms with Crippen LogP contribution in [0.25, 0.3) is 0 Å². The van der Waals surface area contributed by atoms with Gasteiger partial charge in [-0.2, -0.15) is 0 Å². The Bertz CT molecular complexity index is 270. The molecule has 0 aliphatic heterocycles. The molecule has 0 aliphatic rings. The number of alkyl halides is 3. The molecule has 0 bridgehead atoms. The first-order valence-electron chi connectivity index (χ1n) is 2.64. The number of halogens is 3. The Labute approximate surface area is 86.8 Å². The van der Waals surface area contributed by atoms with E-state index in [9.17, 15) is 4.79 Å². The molecule has 0 aliphatic carbocycles. The van der Waals surface area contributed by atoms with Gasteiger partial charge in [-0.3, -0.25) is 10.1 Å². The van der Waals surface area contributed by atoms with Crippen LogP contribution in [0.15, 0.2) is 5.51 Å². The molecule has 0 unspecified atom stereocenters. The Kier molecular flexibility index (Phi) is 3.11. The molecule has 1 rings (SSSR count). The molecule has 8 heteroatoms. The number of amides is 1. The average Bonchev–Trinajstić information content (AvgIpc) is 2.37. The van der Waals surface area contributed by atoms with Crippen LogP contribution in [-0.4, -0.2) is 19.9 Å². The standard InChI is InChI=1S/C4H2Cl3N3OS/c5-4(6,7)2(11)9-3-10-8-1-12-3/h1H,(H,9,10,11). The fourth-order valence-electron chi connectivity index (χ4n) is 0.396. The predicted octanol–water partition coefficient (Wildman–Crippen LogP) is 1.85. The molecule has 1 aromatic rings. The van der Waals surface area contributed by atoms with Gasteiger partial charge in [-0.15, -0.1) is 10.2 Å². The Balaban J connectivity index is 2.60. The number of carbonyl (C=O) groups is 1. The van der Waals surface area contributed by atoms with E-state index in [1.807, 2.05) is 0 Å². The molecule has 0 fully saturated rings. The smallest absolute Gasteiger partial charge is 0.278 e. The van der Waals surface area contributed by atoms with Crippen molar-refractivity contribution in [3.8, 4) is 0 Å². The molecule has 0 saturated carbocycles. The van der Waals surface area contributed by atoms with Gasteiger partial charge >= 0.3 is 0 Å². The predicted molar refractivity (Wildman–Crippen MR) is 48.8 cm³/mol. The van der Waals surface area contributed by atoms with Crippen molar-refractivity contribution in [3.63, 3.8) is 0 Å². The van der Waals surface area contributed by atoms with E-state index in [1.165, 1.54) is 5.51 Å². The van der Waals surface area contributed by atoms with Crippen LogP contribution in [0, 0.1) is 0 Å². The molecule has 4 nitrogen and oxygen atoms in total. The summed E-state index contributed by atoms with van der Waals surface area (Å²) < 4.78 is -1.97. The molecule has 1 aromatic heterocycles. The summed E-state index contributed by atoms with van der Waals surface area (Å²) in [6.45, 7) is 0. The molecule has 1 amide bonds. The van der Waals surface area contributed by atoms with Gasteiger partial charge in [0.15, 0.2) is 0 Å². The lowest BCUT2D eigenvalue weighted by Crippen LogP contribution is -2.26. The number of rotatable bonds is 1. The van der Waals surface area contributed by atoms with Crippen molar-refractivity contribution in [2.75, 3.05) is 5.32 Å². The summed E-state index contributed by atoms with van der Waals surface area (Å²) in [4.78, 5) is 11.0. The zero-order chi connectivity index (χ0) is 9.19. The average molecular weight is 247 g/mol. The van der Waals surface area contributed by atoms with Crippen LogP contribution in [-0.2, 0) is 4.79 Å². The van der Waals surface area contributed by atoms with Crippen molar-refractivity contribution >= 4 is 57.2 Å². The Morgan fingerprint density at radius 3 is 2.67 bits per heavy atom. The van der Waals surface area contributed by atoms with Crippen LogP contribution in [0.3, 0.4) is 0 Å². The number of anilines is 1. The van der Waals surface area contributed by atoms with Crippen LogP contribution >= 0.6 is 46.1 Å². The molecule has 0 radical (unpaired) electrons. The minimum Gasteiger partial charge on any atom is -0.297 e. The Hall–Kier alpha value is -0.100. The highest BCUT2D eigenvalue weighted by Crippen LogP contribution is 2.27. The first kappa shape index (κ1) is 9.98. The lowest BCUT2D eigenvalue weighted by molar-refractivity contribution is -0.115. The second-order valence-corrected chi connectivity index (χ2v) is 4.81. The van der Waals surface area contributed by atoms with Gasteiger partial charge in [0, 0.05) is 0 Å². The summed E-state index contributed by atoms with van der Waals surface area (Å²) in [7, 11) is 0. The minimum atomic E-state index is -1.97. The summed E-state index contributed by atoms with van der Waals surface area (Å²) in [5.41, 5.74) is 1.45. The maximum absolute atomic E-state index is 11.0. The number of hydrogen-bond acceptors (Lipinski definition) is 4. The van der Waals surface area contributed by atoms with Crippen molar-refractivity contribution in [1.29, 1.82) is 0 Å². The molecule has 0 aromatic carbocycles. The van der Waals surface area contributed by atoms with Gasteiger partial charge in [-0.05, 0) is 0 Å². The van der Waals surface area contributed by atoms with Crippen LogP contribution in [0.1, 0.15) is 0 Å². The second kappa shape index (κ2) is 3.74. The minimum absolute atomic E-state index is 0.298. The third kappa shape index (κ3) is 2.75. The summed E-state index contributed by atoms with van der Waals surface area (Å²) in [6, 6.07) is 0. The molecule has 0 saturated heterocycles. The van der Waals surface area contributed by atoms with Crippen LogP contribution < -0.4 is 5.32 Å². The summed E-state index contributed by atoms with van der Waals surface area (Å²) in [5.74, 6) is -0.746. The van der Waals surface area contributed by atoms with E-state index in [1.54, 1.807) is 0 Å². The highest BCUT2D eigenvalue weighted by molar-refractivity contribution is 7.13. The fraction of sp³-hybridized carbons (Fsp3) is 0.250. The third-order valence-corrected chi connectivity index (χ3v) is 1.96. The number of carbonyl (C=O) groups excluding carboxylic acids is 1. The SMILES string of the molecule is O=C(Nc1nncs1)C(Cl)(Cl)Cl. The Morgan fingerprint density at radius 1 is 1.58 bits per heavy atom. The van der Waals surface area contributed by atoms with Gasteiger partial charge < -0.3 is 0 Å². The van der Waals surface area contributed by atoms with Crippen molar-refractivity contribution in [2.45, 2.75) is 3.79 Å². The quantitative estimate of drug-likeness (QED) is 0.770. The molecule has 0 spiro atoms. The van der Waals surface area contributed by atoms with Gasteiger partial charge in [-0.25, -0.2) is 0 Å². The monoisotopic (exact) mass is 245 g/mol. The maximum atomic E-state index is 11.0. The van der Waals surface area contributed by atoms with Gasteiger partial charge in [0.05, 0.1) is 0 Å². The molecule has 12 heavy (non-hydrogen) atoms. The van der Waals surface area contributed by atoms with Crippen LogP contribution in [0.2, 0.25) is 0 Å². The first-order valence-corrected chi connectivity index (χ1v) is 4.66. The van der Waals surface area contributed by atoms with E-state index >= 15 is 0 Å². The van der Waals surface area contributed by atoms with Gasteiger partial charge in [0.25, 0.3) is 9.70 Å². The van der Waals surface area contributed by atoms with Gasteiger partial charge in [0.2, 0.25) is 5.13 Å². The normalized spacial score (nSPS) is 11.2. The highest BCUT2D eigenvalue weighted by Gasteiger charge is 2.31. The second-order valence-electron chi connectivity index (χ2n) is 1.70. The topological polar surface area (TPSA) is 54.9 Å². The fourth-order valence-corrected chi connectivity index (χ4v) is 0.977. The van der Waals surface area contributed by atoms with E-state index in [0.717, 1.165) is 11.3 Å². The summed E-state index contributed by atoms with van der Waals surface area (Å²) in [5, 5.41) is 9.58. The zero-order valence-electron chi connectivity index (χ0n) is 5.42. The van der Waals surface area contributed by atoms with E-state index < -0.39 is 9.70 Å². The van der Waals surface area contributed by atoms with Crippen molar-refractivity contribution in [2.24, 2.45) is 0 Å². The first-order chi connectivity index (χ1) is 5.50. The molecule has 1 heterocycles. The third-order valence-electron chi connectivity index (χ3n) is 0.838. The molecule has 0 atom stereocenters. The maximum Gasteiger partial charge on any atom is 0.278 e. The number of nitrogens with one attached hydrogen (secondary N) is 1. The van der Waals surface area contributed by atoms with Gasteiger partial charge in [-0.1, -0.05) is 46.1 Å². The lowest BCUT2D eigenvalue weighted by Gasteiger charge is -2.07. The molecular weight excluding hydrogens is 244 g/mol. The van der Waals surface area contributed by atoms with Crippen molar-refractivity contribution in [1.82, 2.24) is 10.2 Å². The molecular formula is C4H2Cl3N3OS. The number of aromatic nitrogens is 2. The summed E-state index contributed by atoms with van der Waals surface area (Å²) >= 11 is 17.0. The Morgan fingerprint density at radius 2 is 2.25 bits per heavy atom. The molecule has 1 N–H and O–H groups in total. The zero-order valence-corrected chi connectivity index (χ0v) is 8.51. The van der Waals surface area contributed by atoms with E-state index in [0.29, 0.717) is 5.13 Å². The molecule has 66 valence electrons. The van der Waals surface area contributed by atoms with Crippen molar-refractivity contribution < 1.29 is 4.79 Å². The van der Waals surface area contributed by atoms with Gasteiger partial charge in [0.1, 0.15) is 5.51 Å². The summed E-state index contributed by atoms with van der Waals surface area (Å²) in [6.07, 6.45) is 0. The van der Waals surface area contributed by atoms with E-state index in [2.05, 4.69) is 15.5 Å². The van der Waals surface area contributed by atoms with Crippen LogP contribution in [0.5, 0.6) is 0 Å². The number of hydrogen-bond donors (Lipinski definition) is 1. The highest BCUT2D eigenvalue weighted by atomic mass is 35.6. The number of nitrogens with zero attached hydrogens (tertiary/aromatic N) is 2. The van der Waals surface area contributed by atoms with Crippen molar-refractivity contribution in [3.05, 3.63) is 5.51 Å². The lowest BCUT2D eigenvalue weighted by atomic mass is 10.7. The van der Waals surface area contributed by atoms with E-state index in [4.69, 9.17) is 34.8 Å². The van der Waals surface area contributed by atoms with Crippen LogP contribution in [0.4, 0.5) is 5.13 Å².